The van der Waals surface area contributed by atoms with E-state index in [0.717, 1.165) is 11.8 Å². The van der Waals surface area contributed by atoms with E-state index in [-0.39, 0.29) is 17.9 Å². The van der Waals surface area contributed by atoms with E-state index >= 15 is 0 Å². The first-order chi connectivity index (χ1) is 18.4. The Morgan fingerprint density at radius 3 is 2.61 bits per heavy atom. The predicted molar refractivity (Wildman–Crippen MR) is 140 cm³/mol. The third-order valence-corrected chi connectivity index (χ3v) is 6.56. The van der Waals surface area contributed by atoms with Crippen molar-refractivity contribution in [1.82, 2.24) is 4.90 Å². The molecule has 1 atom stereocenters. The number of aliphatic hydroxyl groups is 1. The van der Waals surface area contributed by atoms with E-state index in [9.17, 15) is 14.7 Å². The van der Waals surface area contributed by atoms with Gasteiger partial charge in [-0.2, -0.15) is 0 Å². The summed E-state index contributed by atoms with van der Waals surface area (Å²) in [6.07, 6.45) is 2.39. The summed E-state index contributed by atoms with van der Waals surface area (Å²) in [6, 6.07) is 16.6. The summed E-state index contributed by atoms with van der Waals surface area (Å²) in [4.78, 5) is 28.5. The molecule has 0 saturated carbocycles. The van der Waals surface area contributed by atoms with Gasteiger partial charge in [0.1, 0.15) is 11.3 Å². The second-order valence-electron chi connectivity index (χ2n) is 9.60. The van der Waals surface area contributed by atoms with Crippen molar-refractivity contribution < 1.29 is 33.0 Å². The number of carbonyl (C=O) groups is 2. The summed E-state index contributed by atoms with van der Waals surface area (Å²) >= 11 is 0. The maximum atomic E-state index is 13.8. The fourth-order valence-electron chi connectivity index (χ4n) is 4.57. The monoisotopic (exact) mass is 515 g/mol. The molecule has 0 saturated heterocycles. The lowest BCUT2D eigenvalue weighted by Crippen LogP contribution is -2.30. The van der Waals surface area contributed by atoms with Gasteiger partial charge in [-0.05, 0) is 54.3 Å². The first-order valence-electron chi connectivity index (χ1n) is 12.5. The number of amides is 1. The summed E-state index contributed by atoms with van der Waals surface area (Å²) in [6.45, 7) is 4.81. The number of Topliss-reactive ketones (excluding diaryl/α,β-unsaturated/α-hetero) is 1. The number of rotatable bonds is 10. The summed E-state index contributed by atoms with van der Waals surface area (Å²) < 4.78 is 22.8. The Kier molecular flexibility index (Phi) is 6.96. The number of ether oxygens (including phenoxy) is 2. The molecule has 38 heavy (non-hydrogen) atoms. The highest BCUT2D eigenvalue weighted by Crippen LogP contribution is 2.43. The predicted octanol–water partition coefficient (Wildman–Crippen LogP) is 6.24. The SMILES string of the molecule is COc1cc([C@H]2C(C(=O)c3cc4ccccc4o3)=C(O)C(=O)N2Cc2ccco2)ccc1OCCC(C)C. The normalized spacial score (nSPS) is 15.6. The van der Waals surface area contributed by atoms with Crippen LogP contribution in [0.5, 0.6) is 11.5 Å². The molecular weight excluding hydrogens is 486 g/mol. The Morgan fingerprint density at radius 1 is 1.08 bits per heavy atom. The van der Waals surface area contributed by atoms with E-state index in [1.165, 1.54) is 18.3 Å². The number of benzene rings is 2. The van der Waals surface area contributed by atoms with E-state index in [2.05, 4.69) is 13.8 Å². The number of methoxy groups -OCH3 is 1. The fourth-order valence-corrected chi connectivity index (χ4v) is 4.57. The van der Waals surface area contributed by atoms with E-state index in [1.807, 2.05) is 12.1 Å². The molecular formula is C30H29NO7. The lowest BCUT2D eigenvalue weighted by molar-refractivity contribution is -0.130. The molecule has 8 nitrogen and oxygen atoms in total. The van der Waals surface area contributed by atoms with Crippen LogP contribution in [-0.2, 0) is 11.3 Å². The van der Waals surface area contributed by atoms with Crippen LogP contribution in [0.15, 0.2) is 87.1 Å². The maximum Gasteiger partial charge on any atom is 0.290 e. The highest BCUT2D eigenvalue weighted by atomic mass is 16.5. The number of para-hydroxylation sites is 1. The van der Waals surface area contributed by atoms with Crippen LogP contribution in [0.4, 0.5) is 0 Å². The molecule has 0 aliphatic carbocycles. The Morgan fingerprint density at radius 2 is 1.89 bits per heavy atom. The molecule has 0 radical (unpaired) electrons. The van der Waals surface area contributed by atoms with Gasteiger partial charge in [0, 0.05) is 5.39 Å². The number of hydrogen-bond donors (Lipinski definition) is 1. The molecule has 8 heteroatoms. The van der Waals surface area contributed by atoms with Crippen LogP contribution in [0.3, 0.4) is 0 Å². The number of nitrogens with zero attached hydrogens (tertiary/aromatic N) is 1. The van der Waals surface area contributed by atoms with Gasteiger partial charge in [0.2, 0.25) is 5.78 Å². The zero-order chi connectivity index (χ0) is 26.8. The fraction of sp³-hybridized carbons (Fsp3) is 0.267. The number of furan rings is 2. The third kappa shape index (κ3) is 4.77. The average Bonchev–Trinajstić information content (AvgIpc) is 3.64. The van der Waals surface area contributed by atoms with Crippen LogP contribution in [0.1, 0.15) is 48.2 Å². The lowest BCUT2D eigenvalue weighted by Gasteiger charge is -2.26. The maximum absolute atomic E-state index is 13.8. The van der Waals surface area contributed by atoms with Crippen molar-refractivity contribution in [2.45, 2.75) is 32.9 Å². The molecule has 2 aromatic carbocycles. The molecule has 1 aliphatic rings. The minimum atomic E-state index is -0.910. The first kappa shape index (κ1) is 25.2. The van der Waals surface area contributed by atoms with Crippen molar-refractivity contribution >= 4 is 22.7 Å². The summed E-state index contributed by atoms with van der Waals surface area (Å²) in [5, 5.41) is 11.7. The molecule has 2 aromatic heterocycles. The van der Waals surface area contributed by atoms with Crippen molar-refractivity contribution in [3.05, 3.63) is 95.3 Å². The van der Waals surface area contributed by atoms with Gasteiger partial charge in [-0.3, -0.25) is 9.59 Å². The molecule has 0 unspecified atom stereocenters. The van der Waals surface area contributed by atoms with Crippen molar-refractivity contribution in [1.29, 1.82) is 0 Å². The van der Waals surface area contributed by atoms with Gasteiger partial charge in [0.05, 0.1) is 38.1 Å². The van der Waals surface area contributed by atoms with Crippen LogP contribution in [-0.4, -0.2) is 35.4 Å². The Hall–Kier alpha value is -4.46. The van der Waals surface area contributed by atoms with E-state index in [0.29, 0.717) is 40.9 Å². The summed E-state index contributed by atoms with van der Waals surface area (Å²) in [5.41, 5.74) is 1.03. The zero-order valence-electron chi connectivity index (χ0n) is 21.5. The Balaban J connectivity index is 1.55. The molecule has 4 aromatic rings. The summed E-state index contributed by atoms with van der Waals surface area (Å²) in [5.74, 6) is 0.163. The molecule has 0 bridgehead atoms. The van der Waals surface area contributed by atoms with E-state index < -0.39 is 23.5 Å². The standard InChI is InChI=1S/C30H29NO7/c1-18(2)12-14-37-23-11-10-20(16-24(23)35-3)27-26(28(32)25-15-19-7-4-5-9-22(19)38-25)29(33)30(34)31(27)17-21-8-6-13-36-21/h4-11,13,15-16,18,27,33H,12,14,17H2,1-3H3/t27-/m0/s1. The largest absolute Gasteiger partial charge is 0.503 e. The van der Waals surface area contributed by atoms with Crippen LogP contribution >= 0.6 is 0 Å². The molecule has 1 N–H and O–H groups in total. The molecule has 196 valence electrons. The number of hydrogen-bond acceptors (Lipinski definition) is 7. The van der Waals surface area contributed by atoms with Crippen LogP contribution in [0.25, 0.3) is 11.0 Å². The van der Waals surface area contributed by atoms with Crippen molar-refractivity contribution in [3.63, 3.8) is 0 Å². The topological polar surface area (TPSA) is 102 Å². The van der Waals surface area contributed by atoms with Gasteiger partial charge in [-0.1, -0.05) is 38.1 Å². The van der Waals surface area contributed by atoms with Crippen LogP contribution < -0.4 is 9.47 Å². The van der Waals surface area contributed by atoms with Crippen molar-refractivity contribution in [2.75, 3.05) is 13.7 Å². The Bertz CT molecular complexity index is 1460. The van der Waals surface area contributed by atoms with Gasteiger partial charge in [0.15, 0.2) is 23.0 Å². The lowest BCUT2D eigenvalue weighted by atomic mass is 9.94. The second kappa shape index (κ2) is 10.5. The molecule has 0 fully saturated rings. The summed E-state index contributed by atoms with van der Waals surface area (Å²) in [7, 11) is 1.53. The highest BCUT2D eigenvalue weighted by Gasteiger charge is 2.45. The Labute approximate surface area is 220 Å². The van der Waals surface area contributed by atoms with Crippen molar-refractivity contribution in [2.24, 2.45) is 5.92 Å². The molecule has 0 spiro atoms. The molecule has 3 heterocycles. The van der Waals surface area contributed by atoms with Crippen LogP contribution in [0.2, 0.25) is 0 Å². The van der Waals surface area contributed by atoms with Gasteiger partial charge in [-0.25, -0.2) is 0 Å². The van der Waals surface area contributed by atoms with Gasteiger partial charge >= 0.3 is 0 Å². The smallest absolute Gasteiger partial charge is 0.290 e. The number of fused-ring (bicyclic) bond motifs is 1. The van der Waals surface area contributed by atoms with Crippen molar-refractivity contribution in [3.8, 4) is 11.5 Å². The van der Waals surface area contributed by atoms with Gasteiger partial charge in [-0.15, -0.1) is 0 Å². The molecule has 1 aliphatic heterocycles. The first-order valence-corrected chi connectivity index (χ1v) is 12.5. The number of aliphatic hydroxyl groups excluding tert-OH is 1. The quantitative estimate of drug-likeness (QED) is 0.250. The average molecular weight is 516 g/mol. The highest BCUT2D eigenvalue weighted by molar-refractivity contribution is 6.16. The van der Waals surface area contributed by atoms with Gasteiger partial charge < -0.3 is 28.3 Å². The zero-order valence-corrected chi connectivity index (χ0v) is 21.5. The van der Waals surface area contributed by atoms with E-state index in [1.54, 1.807) is 48.5 Å². The minimum Gasteiger partial charge on any atom is -0.503 e. The molecule has 1 amide bonds. The molecule has 5 rings (SSSR count). The van der Waals surface area contributed by atoms with E-state index in [4.69, 9.17) is 18.3 Å². The number of ketones is 1. The second-order valence-corrected chi connectivity index (χ2v) is 9.60. The van der Waals surface area contributed by atoms with Gasteiger partial charge in [0.25, 0.3) is 5.91 Å². The minimum absolute atomic E-state index is 0.0333. The van der Waals surface area contributed by atoms with Crippen LogP contribution in [0, 0.1) is 5.92 Å². The third-order valence-electron chi connectivity index (χ3n) is 6.56. The number of carbonyl (C=O) groups excluding carboxylic acids is 2.